The number of hydrogen-bond donors (Lipinski definition) is 1. The van der Waals surface area contributed by atoms with Crippen LogP contribution in [0.2, 0.25) is 0 Å². The monoisotopic (exact) mass is 366 g/mol. The molecule has 0 aromatic heterocycles. The Morgan fingerprint density at radius 3 is 1.58 bits per heavy atom. The summed E-state index contributed by atoms with van der Waals surface area (Å²) in [5, 5.41) is 8.66. The molecule has 0 rings (SSSR count). The Kier molecular flexibility index (Phi) is 17.2. The van der Waals surface area contributed by atoms with Crippen LogP contribution in [0.15, 0.2) is 0 Å². The molecule has 142 valence electrons. The molecular weight excluding hydrogens is 333 g/mol. The highest BCUT2D eigenvalue weighted by Gasteiger charge is 2.22. The molecule has 5 heteroatoms. The number of alkyl halides is 3. The average Bonchev–Trinajstić information content (AvgIpc) is 2.52. The zero-order chi connectivity index (χ0) is 17.9. The van der Waals surface area contributed by atoms with E-state index in [0.717, 1.165) is 25.0 Å². The Morgan fingerprint density at radius 1 is 0.667 bits per heavy atom. The van der Waals surface area contributed by atoms with Gasteiger partial charge in [0.15, 0.2) is 0 Å². The van der Waals surface area contributed by atoms with Gasteiger partial charge in [0.2, 0.25) is 0 Å². The molecule has 0 bridgehead atoms. The second kappa shape index (κ2) is 17.5. The molecule has 0 atom stereocenters. The molecule has 24 heavy (non-hydrogen) atoms. The molecule has 1 nitrogen and oxygen atoms in total. The minimum atomic E-state index is -4.33. The minimum Gasteiger partial charge on any atom is -0.396 e. The Morgan fingerprint density at radius 2 is 1.12 bits per heavy atom. The van der Waals surface area contributed by atoms with Gasteiger partial charge in [0, 0.05) is 18.1 Å². The Balaban J connectivity index is 3.09. The maximum Gasteiger partial charge on any atom is 0.457 e. The molecule has 0 aliphatic rings. The summed E-state index contributed by atoms with van der Waals surface area (Å²) in [7, 11) is 0. The molecule has 0 saturated heterocycles. The molecule has 1 N–H and O–H groups in total. The van der Waals surface area contributed by atoms with E-state index < -0.39 is 6.18 Å². The summed E-state index contributed by atoms with van der Waals surface area (Å²) in [6.07, 6.45) is 10.4. The van der Waals surface area contributed by atoms with Gasteiger partial charge in [-0.3, -0.25) is 0 Å². The van der Waals surface area contributed by atoms with Crippen LogP contribution >= 0.6 is 11.8 Å². The Labute approximate surface area is 150 Å². The van der Waals surface area contributed by atoms with E-state index in [2.05, 4.69) is 5.92 Å². The highest BCUT2D eigenvalue weighted by atomic mass is 32.2. The van der Waals surface area contributed by atoms with E-state index in [9.17, 15) is 13.2 Å². The van der Waals surface area contributed by atoms with Crippen LogP contribution in [-0.2, 0) is 0 Å². The molecule has 0 aromatic rings. The molecule has 0 radical (unpaired) electrons. The maximum absolute atomic E-state index is 11.8. The van der Waals surface area contributed by atoms with E-state index >= 15 is 0 Å². The van der Waals surface area contributed by atoms with Gasteiger partial charge in [-0.25, -0.2) is 0 Å². The smallest absolute Gasteiger partial charge is 0.396 e. The van der Waals surface area contributed by atoms with Crippen molar-refractivity contribution >= 4 is 11.8 Å². The van der Waals surface area contributed by atoms with Crippen LogP contribution in [0, 0.1) is 11.8 Å². The van der Waals surface area contributed by atoms with E-state index in [1.54, 1.807) is 0 Å². The lowest BCUT2D eigenvalue weighted by atomic mass is 10.0. The van der Waals surface area contributed by atoms with Crippen LogP contribution < -0.4 is 0 Å². The van der Waals surface area contributed by atoms with Crippen molar-refractivity contribution < 1.29 is 18.3 Å². The third-order valence-electron chi connectivity index (χ3n) is 3.81. The Hall–Kier alpha value is -0.340. The van der Waals surface area contributed by atoms with Gasteiger partial charge in [0.25, 0.3) is 0 Å². The zero-order valence-corrected chi connectivity index (χ0v) is 15.6. The Bertz CT molecular complexity index is 321. The van der Waals surface area contributed by atoms with Crippen LogP contribution in [0.3, 0.4) is 0 Å². The lowest BCUT2D eigenvalue weighted by Gasteiger charge is -2.03. The van der Waals surface area contributed by atoms with Gasteiger partial charge >= 0.3 is 6.18 Å². The van der Waals surface area contributed by atoms with Gasteiger partial charge < -0.3 is 5.11 Å². The average molecular weight is 367 g/mol. The van der Waals surface area contributed by atoms with E-state index in [4.69, 9.17) is 5.11 Å². The normalized spacial score (nSPS) is 11.3. The SMILES string of the molecule is OCCSCCCCCCCCCCCCCCC#CC(F)(F)F. The summed E-state index contributed by atoms with van der Waals surface area (Å²) in [5.41, 5.74) is 0. The second-order valence-electron chi connectivity index (χ2n) is 6.13. The zero-order valence-electron chi connectivity index (χ0n) is 14.8. The van der Waals surface area contributed by atoms with E-state index in [0.29, 0.717) is 6.42 Å². The molecular formula is C19H33F3OS. The van der Waals surface area contributed by atoms with Crippen molar-refractivity contribution in [3.63, 3.8) is 0 Å². The molecule has 0 fully saturated rings. The quantitative estimate of drug-likeness (QED) is 0.254. The van der Waals surface area contributed by atoms with Crippen LogP contribution in [0.5, 0.6) is 0 Å². The molecule has 0 unspecified atom stereocenters. The first kappa shape index (κ1) is 23.7. The summed E-state index contributed by atoms with van der Waals surface area (Å²) >= 11 is 1.83. The molecule has 0 aromatic carbocycles. The van der Waals surface area contributed by atoms with E-state index in [1.165, 1.54) is 69.5 Å². The number of aliphatic hydroxyl groups excluding tert-OH is 1. The third-order valence-corrected chi connectivity index (χ3v) is 4.85. The molecule has 0 heterocycles. The van der Waals surface area contributed by atoms with Gasteiger partial charge in [-0.05, 0) is 18.6 Å². The number of halogens is 3. The number of aliphatic hydroxyl groups is 1. The fourth-order valence-corrected chi connectivity index (χ4v) is 3.26. The van der Waals surface area contributed by atoms with Gasteiger partial charge in [0.05, 0.1) is 6.61 Å². The van der Waals surface area contributed by atoms with E-state index in [1.807, 2.05) is 11.8 Å². The molecule has 0 aliphatic heterocycles. The highest BCUT2D eigenvalue weighted by Crippen LogP contribution is 2.14. The van der Waals surface area contributed by atoms with Crippen molar-refractivity contribution in [2.45, 2.75) is 89.6 Å². The first-order chi connectivity index (χ1) is 11.6. The van der Waals surface area contributed by atoms with Gasteiger partial charge in [0.1, 0.15) is 0 Å². The van der Waals surface area contributed by atoms with Crippen LogP contribution in [0.1, 0.15) is 83.5 Å². The lowest BCUT2D eigenvalue weighted by Crippen LogP contribution is -2.01. The fraction of sp³-hybridized carbons (Fsp3) is 0.895. The topological polar surface area (TPSA) is 20.2 Å². The highest BCUT2D eigenvalue weighted by molar-refractivity contribution is 7.99. The van der Waals surface area contributed by atoms with Crippen molar-refractivity contribution in [2.24, 2.45) is 0 Å². The summed E-state index contributed by atoms with van der Waals surface area (Å²) in [6, 6.07) is 0. The summed E-state index contributed by atoms with van der Waals surface area (Å²) in [6.45, 7) is 0.289. The van der Waals surface area contributed by atoms with Gasteiger partial charge in [-0.1, -0.05) is 70.1 Å². The summed E-state index contributed by atoms with van der Waals surface area (Å²) in [5.74, 6) is 5.53. The van der Waals surface area contributed by atoms with Crippen molar-refractivity contribution in [1.82, 2.24) is 0 Å². The lowest BCUT2D eigenvalue weighted by molar-refractivity contribution is -0.0697. The maximum atomic E-state index is 11.8. The van der Waals surface area contributed by atoms with Gasteiger partial charge in [-0.2, -0.15) is 24.9 Å². The predicted molar refractivity (Wildman–Crippen MR) is 98.3 cm³/mol. The molecule has 0 aliphatic carbocycles. The minimum absolute atomic E-state index is 0.289. The number of rotatable bonds is 16. The van der Waals surface area contributed by atoms with Crippen molar-refractivity contribution in [3.8, 4) is 11.8 Å². The molecule has 0 saturated carbocycles. The van der Waals surface area contributed by atoms with Crippen LogP contribution in [0.25, 0.3) is 0 Å². The fourth-order valence-electron chi connectivity index (χ4n) is 2.51. The van der Waals surface area contributed by atoms with Gasteiger partial charge in [-0.15, -0.1) is 0 Å². The standard InChI is InChI=1S/C19H33F3OS/c20-19(21,22)15-13-11-9-7-5-3-1-2-4-6-8-10-12-14-17-24-18-16-23/h23H,1-12,14,16-18H2. The first-order valence-corrected chi connectivity index (χ1v) is 10.5. The van der Waals surface area contributed by atoms with Crippen molar-refractivity contribution in [2.75, 3.05) is 18.1 Å². The number of unbranched alkanes of at least 4 members (excludes halogenated alkanes) is 12. The number of hydrogen-bond acceptors (Lipinski definition) is 2. The largest absolute Gasteiger partial charge is 0.457 e. The van der Waals surface area contributed by atoms with E-state index in [-0.39, 0.29) is 6.61 Å². The third kappa shape index (κ3) is 21.7. The van der Waals surface area contributed by atoms with Crippen molar-refractivity contribution in [3.05, 3.63) is 0 Å². The summed E-state index contributed by atoms with van der Waals surface area (Å²) in [4.78, 5) is 0. The predicted octanol–water partition coefficient (Wildman–Crippen LogP) is 6.35. The number of thioether (sulfide) groups is 1. The molecule has 0 amide bonds. The summed E-state index contributed by atoms with van der Waals surface area (Å²) < 4.78 is 35.3. The van der Waals surface area contributed by atoms with Crippen LogP contribution in [0.4, 0.5) is 13.2 Å². The first-order valence-electron chi connectivity index (χ1n) is 9.31. The second-order valence-corrected chi connectivity index (χ2v) is 7.35. The molecule has 0 spiro atoms. The van der Waals surface area contributed by atoms with Crippen molar-refractivity contribution in [1.29, 1.82) is 0 Å². The van der Waals surface area contributed by atoms with Crippen LogP contribution in [-0.4, -0.2) is 29.4 Å².